The Balaban J connectivity index is 3.02. The first-order valence-corrected chi connectivity index (χ1v) is 8.18. The molecular weight excluding hydrogens is 296 g/mol. The van der Waals surface area contributed by atoms with E-state index in [1.165, 1.54) is 18.7 Å². The zero-order chi connectivity index (χ0) is 16.5. The number of carbonyl (C=O) groups is 2. The van der Waals surface area contributed by atoms with Gasteiger partial charge in [-0.25, -0.2) is 4.79 Å². The van der Waals surface area contributed by atoms with Gasteiger partial charge < -0.3 is 5.11 Å². The molecule has 1 aromatic rings. The molecule has 4 heteroatoms. The number of Topliss-reactive ketones (excluding diaryl/α,β-unsaturated/α-hetero) is 1. The predicted molar refractivity (Wildman–Crippen MR) is 92.7 cm³/mol. The van der Waals surface area contributed by atoms with Crippen molar-refractivity contribution in [1.29, 1.82) is 0 Å². The number of ketones is 1. The molecule has 1 N–H and O–H groups in total. The molecule has 0 aliphatic heterocycles. The molecule has 0 fully saturated rings. The van der Waals surface area contributed by atoms with Crippen molar-refractivity contribution in [3.63, 3.8) is 0 Å². The topological polar surface area (TPSA) is 54.4 Å². The van der Waals surface area contributed by atoms with Gasteiger partial charge in [-0.3, -0.25) is 4.79 Å². The molecule has 0 aromatic heterocycles. The Labute approximate surface area is 135 Å². The second-order valence-electron chi connectivity index (χ2n) is 4.60. The van der Waals surface area contributed by atoms with Crippen LogP contribution in [0, 0.1) is 0 Å². The Bertz CT molecular complexity index is 625. The third-order valence-corrected chi connectivity index (χ3v) is 3.94. The smallest absolute Gasteiger partial charge is 0.331 e. The first-order chi connectivity index (χ1) is 10.5. The van der Waals surface area contributed by atoms with E-state index >= 15 is 0 Å². The van der Waals surface area contributed by atoms with Crippen LogP contribution in [0.3, 0.4) is 0 Å². The molecule has 116 valence electrons. The molecule has 0 atom stereocenters. The van der Waals surface area contributed by atoms with Gasteiger partial charge in [0.1, 0.15) is 0 Å². The highest BCUT2D eigenvalue weighted by Gasteiger charge is 2.18. The minimum Gasteiger partial charge on any atom is -0.478 e. The fourth-order valence-electron chi connectivity index (χ4n) is 1.92. The third kappa shape index (κ3) is 5.04. The number of aliphatic carboxylic acids is 1. The van der Waals surface area contributed by atoms with Crippen LogP contribution in [0.2, 0.25) is 0 Å². The minimum atomic E-state index is -1.05. The molecule has 3 nitrogen and oxygen atoms in total. The molecule has 0 aliphatic carbocycles. The summed E-state index contributed by atoms with van der Waals surface area (Å²) < 4.78 is 0. The first kappa shape index (κ1) is 18.0. The Morgan fingerprint density at radius 2 is 1.86 bits per heavy atom. The number of carboxylic acids is 1. The largest absolute Gasteiger partial charge is 0.478 e. The Morgan fingerprint density at radius 1 is 1.23 bits per heavy atom. The van der Waals surface area contributed by atoms with Gasteiger partial charge in [0.15, 0.2) is 5.78 Å². The zero-order valence-corrected chi connectivity index (χ0v) is 13.8. The van der Waals surface area contributed by atoms with Crippen LogP contribution in [-0.2, 0) is 9.59 Å². The quantitative estimate of drug-likeness (QED) is 0.601. The van der Waals surface area contributed by atoms with E-state index in [4.69, 9.17) is 5.11 Å². The molecule has 0 unspecified atom stereocenters. The summed E-state index contributed by atoms with van der Waals surface area (Å²) in [5.74, 6) is -1.27. The molecule has 0 amide bonds. The highest BCUT2D eigenvalue weighted by Crippen LogP contribution is 2.22. The maximum atomic E-state index is 12.4. The fraction of sp³-hybridized carbons (Fsp3) is 0.222. The zero-order valence-electron chi connectivity index (χ0n) is 13.0. The highest BCUT2D eigenvalue weighted by atomic mass is 32.2. The van der Waals surface area contributed by atoms with Gasteiger partial charge in [-0.1, -0.05) is 49.4 Å². The maximum absolute atomic E-state index is 12.4. The van der Waals surface area contributed by atoms with Crippen molar-refractivity contribution in [2.75, 3.05) is 6.26 Å². The maximum Gasteiger partial charge on any atom is 0.331 e. The third-order valence-electron chi connectivity index (χ3n) is 3.18. The van der Waals surface area contributed by atoms with Gasteiger partial charge in [0.05, 0.1) is 4.91 Å². The number of carboxylic acid groups (broad SMARTS) is 1. The molecule has 0 saturated carbocycles. The average Bonchev–Trinajstić information content (AvgIpc) is 2.52. The van der Waals surface area contributed by atoms with E-state index in [1.54, 1.807) is 13.0 Å². The van der Waals surface area contributed by atoms with Crippen LogP contribution in [-0.4, -0.2) is 23.1 Å². The molecule has 0 saturated heterocycles. The van der Waals surface area contributed by atoms with Crippen molar-refractivity contribution in [3.05, 3.63) is 64.1 Å². The monoisotopic (exact) mass is 316 g/mol. The second kappa shape index (κ2) is 9.05. The van der Waals surface area contributed by atoms with Gasteiger partial charge in [-0.15, -0.1) is 11.8 Å². The number of thioether (sulfide) groups is 1. The molecule has 0 aliphatic rings. The van der Waals surface area contributed by atoms with Gasteiger partial charge in [0.2, 0.25) is 0 Å². The Kier molecular flexibility index (Phi) is 7.40. The van der Waals surface area contributed by atoms with Gasteiger partial charge in [-0.05, 0) is 31.2 Å². The van der Waals surface area contributed by atoms with Crippen molar-refractivity contribution >= 4 is 29.6 Å². The molecular formula is C18H20O3S. The van der Waals surface area contributed by atoms with E-state index in [9.17, 15) is 9.59 Å². The number of benzene rings is 1. The average molecular weight is 316 g/mol. The SMILES string of the molecule is CC/C(C(=O)/C(=C\C=C\c1ccccc1)SC)=C(/C)C(=O)O. The summed E-state index contributed by atoms with van der Waals surface area (Å²) >= 11 is 1.32. The van der Waals surface area contributed by atoms with Crippen molar-refractivity contribution in [2.45, 2.75) is 20.3 Å². The van der Waals surface area contributed by atoms with Crippen molar-refractivity contribution in [3.8, 4) is 0 Å². The van der Waals surface area contributed by atoms with E-state index in [-0.39, 0.29) is 11.4 Å². The number of hydrogen-bond donors (Lipinski definition) is 1. The minimum absolute atomic E-state index is 0.111. The van der Waals surface area contributed by atoms with E-state index in [0.29, 0.717) is 16.9 Å². The summed E-state index contributed by atoms with van der Waals surface area (Å²) in [4.78, 5) is 24.0. The van der Waals surface area contributed by atoms with Gasteiger partial charge in [-0.2, -0.15) is 0 Å². The number of allylic oxidation sites excluding steroid dienone is 4. The van der Waals surface area contributed by atoms with Crippen LogP contribution in [0.15, 0.2) is 58.5 Å². The number of rotatable bonds is 7. The van der Waals surface area contributed by atoms with Crippen LogP contribution in [0.4, 0.5) is 0 Å². The molecule has 0 spiro atoms. The second-order valence-corrected chi connectivity index (χ2v) is 5.44. The summed E-state index contributed by atoms with van der Waals surface area (Å²) in [6, 6.07) is 9.76. The molecule has 0 heterocycles. The summed E-state index contributed by atoms with van der Waals surface area (Å²) in [6.07, 6.45) is 7.65. The lowest BCUT2D eigenvalue weighted by Crippen LogP contribution is -2.10. The summed E-state index contributed by atoms with van der Waals surface area (Å²) in [7, 11) is 0. The van der Waals surface area contributed by atoms with Crippen LogP contribution in [0.25, 0.3) is 6.08 Å². The van der Waals surface area contributed by atoms with Crippen molar-refractivity contribution in [1.82, 2.24) is 0 Å². The number of hydrogen-bond acceptors (Lipinski definition) is 3. The molecule has 0 radical (unpaired) electrons. The molecule has 0 bridgehead atoms. The van der Waals surface area contributed by atoms with Crippen LogP contribution < -0.4 is 0 Å². The van der Waals surface area contributed by atoms with Gasteiger partial charge in [0, 0.05) is 11.1 Å². The normalized spacial score (nSPS) is 13.1. The van der Waals surface area contributed by atoms with Crippen LogP contribution >= 0.6 is 11.8 Å². The summed E-state index contributed by atoms with van der Waals surface area (Å²) in [6.45, 7) is 3.26. The lowest BCUT2D eigenvalue weighted by atomic mass is 10.0. The fourth-order valence-corrected chi connectivity index (χ4v) is 2.44. The lowest BCUT2D eigenvalue weighted by Gasteiger charge is -2.08. The summed E-state index contributed by atoms with van der Waals surface area (Å²) in [5.41, 5.74) is 1.50. The van der Waals surface area contributed by atoms with Gasteiger partial charge >= 0.3 is 5.97 Å². The summed E-state index contributed by atoms with van der Waals surface area (Å²) in [5, 5.41) is 9.06. The molecule has 22 heavy (non-hydrogen) atoms. The number of carbonyl (C=O) groups excluding carboxylic acids is 1. The van der Waals surface area contributed by atoms with E-state index in [0.717, 1.165) is 5.56 Å². The van der Waals surface area contributed by atoms with E-state index in [2.05, 4.69) is 0 Å². The molecule has 1 aromatic carbocycles. The van der Waals surface area contributed by atoms with Crippen LogP contribution in [0.5, 0.6) is 0 Å². The standard InChI is InChI=1S/C18H20O3S/c1-4-15(13(2)18(20)21)17(19)16(22-3)12-8-11-14-9-6-5-7-10-14/h5-12H,4H2,1-3H3,(H,20,21)/b11-8+,15-13+,16-12+. The molecule has 1 rings (SSSR count). The van der Waals surface area contributed by atoms with E-state index < -0.39 is 5.97 Å². The Hall–Kier alpha value is -2.07. The Morgan fingerprint density at radius 3 is 2.36 bits per heavy atom. The van der Waals surface area contributed by atoms with Crippen molar-refractivity contribution < 1.29 is 14.7 Å². The van der Waals surface area contributed by atoms with Gasteiger partial charge in [0.25, 0.3) is 0 Å². The van der Waals surface area contributed by atoms with E-state index in [1.807, 2.05) is 48.7 Å². The highest BCUT2D eigenvalue weighted by molar-refractivity contribution is 8.03. The first-order valence-electron chi connectivity index (χ1n) is 6.96. The lowest BCUT2D eigenvalue weighted by molar-refractivity contribution is -0.133. The van der Waals surface area contributed by atoms with Crippen LogP contribution in [0.1, 0.15) is 25.8 Å². The van der Waals surface area contributed by atoms with Crippen molar-refractivity contribution in [2.24, 2.45) is 0 Å². The predicted octanol–water partition coefficient (Wildman–Crippen LogP) is 4.33.